The zero-order valence-electron chi connectivity index (χ0n) is 13.4. The van der Waals surface area contributed by atoms with E-state index < -0.39 is 11.7 Å². The van der Waals surface area contributed by atoms with Crippen molar-refractivity contribution in [1.29, 1.82) is 0 Å². The first-order valence-electron chi connectivity index (χ1n) is 7.81. The highest BCUT2D eigenvalue weighted by molar-refractivity contribution is 5.55. The Morgan fingerprint density at radius 3 is 2.44 bits per heavy atom. The van der Waals surface area contributed by atoms with Gasteiger partial charge in [0, 0.05) is 24.8 Å². The van der Waals surface area contributed by atoms with Crippen molar-refractivity contribution < 1.29 is 23.0 Å². The molecule has 0 bridgehead atoms. The molecule has 1 aromatic carbocycles. The lowest BCUT2D eigenvalue weighted by atomic mass is 9.87. The number of nitrogens with one attached hydrogen (secondary N) is 1. The highest BCUT2D eigenvalue weighted by Crippen LogP contribution is 2.30. The number of aliphatic hydroxyl groups is 1. The maximum Gasteiger partial charge on any atom is 0.416 e. The fraction of sp³-hybridized carbons (Fsp3) is 0.412. The molecule has 0 aliphatic carbocycles. The summed E-state index contributed by atoms with van der Waals surface area (Å²) >= 11 is 0. The van der Waals surface area contributed by atoms with Crippen LogP contribution in [0.25, 0.3) is 11.4 Å². The van der Waals surface area contributed by atoms with Gasteiger partial charge in [-0.05, 0) is 18.2 Å². The largest absolute Gasteiger partial charge is 0.416 e. The van der Waals surface area contributed by atoms with Crippen LogP contribution in [-0.2, 0) is 17.5 Å². The summed E-state index contributed by atoms with van der Waals surface area (Å²) < 4.78 is 43.0. The number of aromatic nitrogens is 2. The Labute approximate surface area is 142 Å². The Bertz CT molecular complexity index is 710. The van der Waals surface area contributed by atoms with Gasteiger partial charge in [-0.3, -0.25) is 0 Å². The highest BCUT2D eigenvalue weighted by Gasteiger charge is 2.37. The molecular formula is C17H18F3N3O2. The second kappa shape index (κ2) is 7.07. The maximum atomic E-state index is 12.6. The number of halogens is 3. The number of aliphatic hydroxyl groups excluding tert-OH is 1. The Hall–Kier alpha value is -2.03. The van der Waals surface area contributed by atoms with Crippen molar-refractivity contribution in [2.75, 3.05) is 26.4 Å². The van der Waals surface area contributed by atoms with Crippen molar-refractivity contribution in [2.45, 2.75) is 12.7 Å². The molecule has 0 spiro atoms. The minimum Gasteiger partial charge on any atom is -0.396 e. The highest BCUT2D eigenvalue weighted by atomic mass is 19.4. The number of rotatable bonds is 6. The molecule has 3 rings (SSSR count). The first-order valence-corrected chi connectivity index (χ1v) is 7.81. The lowest BCUT2D eigenvalue weighted by Crippen LogP contribution is -2.52. The van der Waals surface area contributed by atoms with Crippen molar-refractivity contribution in [3.05, 3.63) is 47.8 Å². The normalized spacial score (nSPS) is 16.5. The number of hydrogen-bond acceptors (Lipinski definition) is 5. The molecule has 0 atom stereocenters. The van der Waals surface area contributed by atoms with E-state index in [1.807, 2.05) is 0 Å². The van der Waals surface area contributed by atoms with Gasteiger partial charge in [-0.15, -0.1) is 0 Å². The average Bonchev–Trinajstić information content (AvgIpc) is 2.57. The predicted octanol–water partition coefficient (Wildman–Crippen LogP) is 2.26. The third-order valence-corrected chi connectivity index (χ3v) is 4.14. The van der Waals surface area contributed by atoms with Gasteiger partial charge in [0.1, 0.15) is 0 Å². The van der Waals surface area contributed by atoms with Gasteiger partial charge >= 0.3 is 6.18 Å². The zero-order valence-corrected chi connectivity index (χ0v) is 13.4. The van der Waals surface area contributed by atoms with E-state index in [-0.39, 0.29) is 12.0 Å². The minimum absolute atomic E-state index is 0.0561. The van der Waals surface area contributed by atoms with Crippen LogP contribution < -0.4 is 5.32 Å². The van der Waals surface area contributed by atoms with Crippen molar-refractivity contribution in [1.82, 2.24) is 15.3 Å². The van der Waals surface area contributed by atoms with Crippen molar-refractivity contribution >= 4 is 0 Å². The quantitative estimate of drug-likeness (QED) is 0.834. The Morgan fingerprint density at radius 1 is 1.16 bits per heavy atom. The molecule has 8 heteroatoms. The standard InChI is InChI=1S/C17H18F3N3O2/c18-17(19,20)13-3-1-12(2-4-13)15-22-6-5-14(23-15)7-21-8-16(9-24)10-25-11-16/h1-6,21,24H,7-11H2. The van der Waals surface area contributed by atoms with Gasteiger partial charge in [0.25, 0.3) is 0 Å². The molecular weight excluding hydrogens is 335 g/mol. The van der Waals surface area contributed by atoms with Crippen LogP contribution in [0.2, 0.25) is 0 Å². The molecule has 1 aromatic heterocycles. The molecule has 2 heterocycles. The van der Waals surface area contributed by atoms with Crippen LogP contribution in [0.15, 0.2) is 36.5 Å². The molecule has 1 fully saturated rings. The number of alkyl halides is 3. The van der Waals surface area contributed by atoms with Gasteiger partial charge in [0.05, 0.1) is 36.5 Å². The lowest BCUT2D eigenvalue weighted by molar-refractivity contribution is -0.137. The SMILES string of the molecule is OCC1(CNCc2ccnc(-c3ccc(C(F)(F)F)cc3)n2)COC1. The number of benzene rings is 1. The van der Waals surface area contributed by atoms with Crippen molar-refractivity contribution in [3.63, 3.8) is 0 Å². The maximum absolute atomic E-state index is 12.6. The van der Waals surface area contributed by atoms with E-state index in [1.165, 1.54) is 12.1 Å². The molecule has 0 amide bonds. The lowest BCUT2D eigenvalue weighted by Gasteiger charge is -2.39. The zero-order chi connectivity index (χ0) is 17.9. The molecule has 0 unspecified atom stereocenters. The molecule has 1 saturated heterocycles. The Morgan fingerprint density at radius 2 is 1.88 bits per heavy atom. The summed E-state index contributed by atoms with van der Waals surface area (Å²) in [4.78, 5) is 8.50. The van der Waals surface area contributed by atoms with Crippen LogP contribution in [0.4, 0.5) is 13.2 Å². The van der Waals surface area contributed by atoms with E-state index in [4.69, 9.17) is 4.74 Å². The summed E-state index contributed by atoms with van der Waals surface area (Å²) in [5.74, 6) is 0.372. The summed E-state index contributed by atoms with van der Waals surface area (Å²) in [6.45, 7) is 2.18. The Kier molecular flexibility index (Phi) is 5.03. The summed E-state index contributed by atoms with van der Waals surface area (Å²) in [5, 5.41) is 12.6. The molecule has 1 aliphatic heterocycles. The van der Waals surface area contributed by atoms with E-state index in [9.17, 15) is 18.3 Å². The molecule has 25 heavy (non-hydrogen) atoms. The van der Waals surface area contributed by atoms with E-state index >= 15 is 0 Å². The van der Waals surface area contributed by atoms with Crippen LogP contribution >= 0.6 is 0 Å². The van der Waals surface area contributed by atoms with Gasteiger partial charge in [0.2, 0.25) is 0 Å². The van der Waals surface area contributed by atoms with Crippen LogP contribution in [0, 0.1) is 5.41 Å². The fourth-order valence-electron chi connectivity index (χ4n) is 2.54. The molecule has 134 valence electrons. The van der Waals surface area contributed by atoms with Gasteiger partial charge in [-0.1, -0.05) is 12.1 Å². The first-order chi connectivity index (χ1) is 11.9. The predicted molar refractivity (Wildman–Crippen MR) is 84.5 cm³/mol. The van der Waals surface area contributed by atoms with Gasteiger partial charge in [-0.25, -0.2) is 9.97 Å². The summed E-state index contributed by atoms with van der Waals surface area (Å²) in [6.07, 6.45) is -2.79. The average molecular weight is 353 g/mol. The minimum atomic E-state index is -4.36. The van der Waals surface area contributed by atoms with Gasteiger partial charge in [-0.2, -0.15) is 13.2 Å². The molecule has 2 N–H and O–H groups in total. The Balaban J connectivity index is 1.65. The number of ether oxygens (including phenoxy) is 1. The van der Waals surface area contributed by atoms with E-state index in [1.54, 1.807) is 12.3 Å². The topological polar surface area (TPSA) is 67.3 Å². The van der Waals surface area contributed by atoms with Crippen LogP contribution in [-0.4, -0.2) is 41.4 Å². The summed E-state index contributed by atoms with van der Waals surface area (Å²) in [7, 11) is 0. The molecule has 0 radical (unpaired) electrons. The molecule has 0 saturated carbocycles. The third-order valence-electron chi connectivity index (χ3n) is 4.14. The number of nitrogens with zero attached hydrogens (tertiary/aromatic N) is 2. The van der Waals surface area contributed by atoms with E-state index in [0.29, 0.717) is 37.7 Å². The third kappa shape index (κ3) is 4.15. The summed E-state index contributed by atoms with van der Waals surface area (Å²) in [6, 6.07) is 6.50. The second-order valence-electron chi connectivity index (χ2n) is 6.20. The van der Waals surface area contributed by atoms with Gasteiger partial charge < -0.3 is 15.2 Å². The fourth-order valence-corrected chi connectivity index (χ4v) is 2.54. The smallest absolute Gasteiger partial charge is 0.396 e. The van der Waals surface area contributed by atoms with Crippen molar-refractivity contribution in [3.8, 4) is 11.4 Å². The molecule has 1 aliphatic rings. The first kappa shape index (κ1) is 17.8. The number of hydrogen-bond donors (Lipinski definition) is 2. The van der Waals surface area contributed by atoms with E-state index in [0.717, 1.165) is 17.8 Å². The van der Waals surface area contributed by atoms with Crippen molar-refractivity contribution in [2.24, 2.45) is 5.41 Å². The molecule has 2 aromatic rings. The monoisotopic (exact) mass is 353 g/mol. The van der Waals surface area contributed by atoms with Crippen LogP contribution in [0.1, 0.15) is 11.3 Å². The van der Waals surface area contributed by atoms with Crippen LogP contribution in [0.3, 0.4) is 0 Å². The van der Waals surface area contributed by atoms with E-state index in [2.05, 4.69) is 15.3 Å². The molecule has 5 nitrogen and oxygen atoms in total. The van der Waals surface area contributed by atoms with Gasteiger partial charge in [0.15, 0.2) is 5.82 Å². The van der Waals surface area contributed by atoms with Crippen LogP contribution in [0.5, 0.6) is 0 Å². The summed E-state index contributed by atoms with van der Waals surface area (Å²) in [5.41, 5.74) is 0.307. The second-order valence-corrected chi connectivity index (χ2v) is 6.20.